The fourth-order valence-corrected chi connectivity index (χ4v) is 2.91. The van der Waals surface area contributed by atoms with E-state index in [1.165, 1.54) is 18.3 Å². The smallest absolute Gasteiger partial charge is 0.337 e. The van der Waals surface area contributed by atoms with Crippen molar-refractivity contribution in [3.8, 4) is 23.0 Å². The molecule has 9 nitrogen and oxygen atoms in total. The van der Waals surface area contributed by atoms with Crippen LogP contribution in [0.1, 0.15) is 27.6 Å². The highest BCUT2D eigenvalue weighted by Gasteiger charge is 2.14. The molecule has 33 heavy (non-hydrogen) atoms. The van der Waals surface area contributed by atoms with E-state index in [1.807, 2.05) is 6.92 Å². The first-order valence-electron chi connectivity index (χ1n) is 10.0. The number of carbonyl (C=O) groups is 2. The molecule has 0 aliphatic rings. The van der Waals surface area contributed by atoms with Crippen LogP contribution in [0.3, 0.4) is 0 Å². The third-order valence-electron chi connectivity index (χ3n) is 4.41. The van der Waals surface area contributed by atoms with Crippen molar-refractivity contribution < 1.29 is 33.6 Å². The Morgan fingerprint density at radius 3 is 2.36 bits per heavy atom. The van der Waals surface area contributed by atoms with E-state index in [0.29, 0.717) is 29.6 Å². The van der Waals surface area contributed by atoms with Gasteiger partial charge in [0.05, 0.1) is 19.3 Å². The minimum atomic E-state index is -1.10. The van der Waals surface area contributed by atoms with Crippen LogP contribution in [0.25, 0.3) is 0 Å². The normalized spacial score (nSPS) is 11.4. The van der Waals surface area contributed by atoms with E-state index in [9.17, 15) is 9.59 Å². The van der Waals surface area contributed by atoms with Gasteiger partial charge >= 0.3 is 5.97 Å². The van der Waals surface area contributed by atoms with Crippen LogP contribution in [0.15, 0.2) is 60.8 Å². The van der Waals surface area contributed by atoms with Crippen molar-refractivity contribution in [3.63, 3.8) is 0 Å². The van der Waals surface area contributed by atoms with Gasteiger partial charge in [0.2, 0.25) is 0 Å². The van der Waals surface area contributed by atoms with E-state index in [4.69, 9.17) is 24.1 Å². The Morgan fingerprint density at radius 1 is 0.970 bits per heavy atom. The van der Waals surface area contributed by atoms with Crippen LogP contribution in [0.4, 0.5) is 5.82 Å². The molecule has 3 aromatic rings. The van der Waals surface area contributed by atoms with Crippen molar-refractivity contribution in [1.82, 2.24) is 4.98 Å². The van der Waals surface area contributed by atoms with E-state index in [0.717, 1.165) is 0 Å². The number of aromatic carboxylic acids is 1. The maximum atomic E-state index is 12.9. The number of pyridine rings is 1. The van der Waals surface area contributed by atoms with E-state index >= 15 is 0 Å². The molecule has 2 N–H and O–H groups in total. The van der Waals surface area contributed by atoms with Gasteiger partial charge in [0.25, 0.3) is 5.91 Å². The summed E-state index contributed by atoms with van der Waals surface area (Å²) in [7, 11) is 3.13. The Hall–Kier alpha value is -4.11. The van der Waals surface area contributed by atoms with Crippen molar-refractivity contribution in [3.05, 3.63) is 71.9 Å². The van der Waals surface area contributed by atoms with Crippen LogP contribution in [0.5, 0.6) is 23.0 Å². The summed E-state index contributed by atoms with van der Waals surface area (Å²) in [6.45, 7) is 2.20. The maximum absolute atomic E-state index is 12.9. The quantitative estimate of drug-likeness (QED) is 0.469. The molecular weight excluding hydrogens is 428 g/mol. The molecule has 0 fully saturated rings. The largest absolute Gasteiger partial charge is 0.497 e. The Morgan fingerprint density at radius 2 is 1.70 bits per heavy atom. The van der Waals surface area contributed by atoms with Crippen LogP contribution < -0.4 is 19.5 Å². The van der Waals surface area contributed by atoms with Crippen molar-refractivity contribution >= 4 is 17.7 Å². The van der Waals surface area contributed by atoms with E-state index in [-0.39, 0.29) is 23.0 Å². The molecule has 0 radical (unpaired) electrons. The number of rotatable bonds is 10. The molecule has 0 bridgehead atoms. The molecule has 0 spiro atoms. The zero-order valence-corrected chi connectivity index (χ0v) is 18.4. The molecule has 0 aliphatic heterocycles. The summed E-state index contributed by atoms with van der Waals surface area (Å²) in [5, 5.41) is 11.6. The van der Waals surface area contributed by atoms with Crippen LogP contribution in [-0.2, 0) is 4.74 Å². The van der Waals surface area contributed by atoms with E-state index < -0.39 is 11.9 Å². The van der Waals surface area contributed by atoms with Crippen LogP contribution in [0, 0.1) is 0 Å². The molecule has 1 atom stereocenters. The summed E-state index contributed by atoms with van der Waals surface area (Å²) < 4.78 is 22.1. The summed E-state index contributed by atoms with van der Waals surface area (Å²) >= 11 is 0. The summed E-state index contributed by atoms with van der Waals surface area (Å²) in [5.41, 5.74) is 0.281. The van der Waals surface area contributed by atoms with Crippen LogP contribution in [-0.4, -0.2) is 48.9 Å². The molecule has 3 rings (SSSR count). The van der Waals surface area contributed by atoms with Gasteiger partial charge in [0, 0.05) is 31.0 Å². The van der Waals surface area contributed by atoms with Crippen LogP contribution in [0.2, 0.25) is 0 Å². The zero-order valence-electron chi connectivity index (χ0n) is 18.4. The van der Waals surface area contributed by atoms with Crippen molar-refractivity contribution in [1.29, 1.82) is 0 Å². The molecule has 2 aromatic carbocycles. The van der Waals surface area contributed by atoms with Crippen molar-refractivity contribution in [2.75, 3.05) is 26.1 Å². The molecule has 9 heteroatoms. The molecule has 1 amide bonds. The Kier molecular flexibility index (Phi) is 7.82. The number of amides is 1. The maximum Gasteiger partial charge on any atom is 0.337 e. The number of ether oxygens (including phenoxy) is 4. The first-order valence-corrected chi connectivity index (χ1v) is 10.0. The number of anilines is 1. The number of carboxylic acid groups (broad SMARTS) is 1. The lowest BCUT2D eigenvalue weighted by molar-refractivity contribution is 0.0696. The second kappa shape index (κ2) is 11.0. The number of nitrogens with zero attached hydrogens (tertiary/aromatic N) is 1. The zero-order chi connectivity index (χ0) is 23.8. The predicted molar refractivity (Wildman–Crippen MR) is 121 cm³/mol. The standard InChI is InChI=1S/C24H24N2O7/c1-15(14-30-2)32-20-9-17(23(27)26-22-8-7-16(13-25-22)24(28)29)10-21(12-20)33-19-6-4-5-18(11-19)31-3/h4-13,15H,14H2,1-3H3,(H,28,29)(H,25,26,27)/t15-/m0/s1. The highest BCUT2D eigenvalue weighted by atomic mass is 16.5. The van der Waals surface area contributed by atoms with Gasteiger partial charge < -0.3 is 29.4 Å². The van der Waals surface area contributed by atoms with Gasteiger partial charge in [-0.05, 0) is 43.3 Å². The summed E-state index contributed by atoms with van der Waals surface area (Å²) in [6, 6.07) is 14.6. The summed E-state index contributed by atoms with van der Waals surface area (Å²) in [6.07, 6.45) is 0.907. The fourth-order valence-electron chi connectivity index (χ4n) is 2.91. The van der Waals surface area contributed by atoms with Gasteiger partial charge in [0.1, 0.15) is 34.9 Å². The number of hydrogen-bond acceptors (Lipinski definition) is 7. The first-order chi connectivity index (χ1) is 15.9. The SMILES string of the molecule is COC[C@H](C)Oc1cc(Oc2cccc(OC)c2)cc(C(=O)Nc2ccc(C(=O)O)cn2)c1. The highest BCUT2D eigenvalue weighted by Crippen LogP contribution is 2.30. The third-order valence-corrected chi connectivity index (χ3v) is 4.41. The molecule has 0 saturated carbocycles. The van der Waals surface area contributed by atoms with Gasteiger partial charge in [-0.1, -0.05) is 6.07 Å². The van der Waals surface area contributed by atoms with Crippen LogP contribution >= 0.6 is 0 Å². The summed E-state index contributed by atoms with van der Waals surface area (Å²) in [4.78, 5) is 27.8. The molecule has 1 aromatic heterocycles. The van der Waals surface area contributed by atoms with Crippen molar-refractivity contribution in [2.24, 2.45) is 0 Å². The van der Waals surface area contributed by atoms with Gasteiger partial charge in [0.15, 0.2) is 0 Å². The van der Waals surface area contributed by atoms with Gasteiger partial charge in [-0.3, -0.25) is 4.79 Å². The average molecular weight is 452 g/mol. The highest BCUT2D eigenvalue weighted by molar-refractivity contribution is 6.04. The van der Waals surface area contributed by atoms with E-state index in [1.54, 1.807) is 56.7 Å². The number of nitrogens with one attached hydrogen (secondary N) is 1. The van der Waals surface area contributed by atoms with Gasteiger partial charge in [-0.15, -0.1) is 0 Å². The third kappa shape index (κ3) is 6.68. The minimum Gasteiger partial charge on any atom is -0.497 e. The topological polar surface area (TPSA) is 116 Å². The lowest BCUT2D eigenvalue weighted by atomic mass is 10.1. The van der Waals surface area contributed by atoms with Gasteiger partial charge in [-0.2, -0.15) is 0 Å². The Bertz CT molecular complexity index is 1120. The second-order valence-electron chi connectivity index (χ2n) is 7.05. The average Bonchev–Trinajstić information content (AvgIpc) is 2.79. The molecule has 0 saturated heterocycles. The minimum absolute atomic E-state index is 0.0181. The second-order valence-corrected chi connectivity index (χ2v) is 7.05. The van der Waals surface area contributed by atoms with E-state index in [2.05, 4.69) is 10.3 Å². The lowest BCUT2D eigenvalue weighted by Crippen LogP contribution is -2.19. The van der Waals surface area contributed by atoms with Gasteiger partial charge in [-0.25, -0.2) is 9.78 Å². The monoisotopic (exact) mass is 452 g/mol. The molecule has 0 aliphatic carbocycles. The summed E-state index contributed by atoms with van der Waals surface area (Å²) in [5.74, 6) is 0.583. The molecule has 0 unspecified atom stereocenters. The molecule has 1 heterocycles. The lowest BCUT2D eigenvalue weighted by Gasteiger charge is -2.16. The van der Waals surface area contributed by atoms with Crippen molar-refractivity contribution in [2.45, 2.75) is 13.0 Å². The Balaban J connectivity index is 1.86. The first kappa shape index (κ1) is 23.6. The molecule has 172 valence electrons. The molecular formula is C24H24N2O7. The Labute approximate surface area is 190 Å². The number of benzene rings is 2. The number of carboxylic acids is 1. The fraction of sp³-hybridized carbons (Fsp3) is 0.208. The number of hydrogen-bond donors (Lipinski definition) is 2. The number of aromatic nitrogens is 1. The number of methoxy groups -OCH3 is 2. The number of carbonyl (C=O) groups excluding carboxylic acids is 1. The predicted octanol–water partition coefficient (Wildman–Crippen LogP) is 4.25.